The molecule has 0 amide bonds. The molecule has 0 aliphatic carbocycles. The zero-order valence-corrected chi connectivity index (χ0v) is 16.1. The number of carboxylic acids is 1. The third-order valence-corrected chi connectivity index (χ3v) is 4.96. The molecule has 0 heterocycles. The van der Waals surface area contributed by atoms with Crippen molar-refractivity contribution in [2.24, 2.45) is 0 Å². The van der Waals surface area contributed by atoms with Crippen LogP contribution in [0.3, 0.4) is 0 Å². The van der Waals surface area contributed by atoms with Crippen LogP contribution in [0.1, 0.15) is 20.7 Å². The van der Waals surface area contributed by atoms with Crippen LogP contribution in [0.5, 0.6) is 0 Å². The molecule has 0 fully saturated rings. The van der Waals surface area contributed by atoms with Crippen LogP contribution in [0.25, 0.3) is 0 Å². The molecule has 0 saturated carbocycles. The molecule has 0 aromatic heterocycles. The summed E-state index contributed by atoms with van der Waals surface area (Å²) >= 11 is 22.8. The minimum Gasteiger partial charge on any atom is -0.478 e. The van der Waals surface area contributed by atoms with Crippen LogP contribution < -0.4 is 0 Å². The van der Waals surface area contributed by atoms with Gasteiger partial charge in [-0.2, -0.15) is 0 Å². The van der Waals surface area contributed by atoms with Gasteiger partial charge in [0.1, 0.15) is 0 Å². The zero-order valence-electron chi connectivity index (χ0n) is 10.6. The Labute approximate surface area is 158 Å². The van der Waals surface area contributed by atoms with Gasteiger partial charge in [0.25, 0.3) is 5.24 Å². The highest BCUT2D eigenvalue weighted by Crippen LogP contribution is 2.24. The van der Waals surface area contributed by atoms with E-state index in [1.54, 1.807) is 18.2 Å². The molecule has 1 N–H and O–H groups in total. The zero-order chi connectivity index (χ0) is 16.9. The molecule has 2 rings (SSSR count). The Morgan fingerprint density at radius 1 is 0.864 bits per heavy atom. The number of carbonyl (C=O) groups excluding carboxylic acids is 1. The fourth-order valence-corrected chi connectivity index (χ4v) is 2.36. The van der Waals surface area contributed by atoms with Crippen LogP contribution in [-0.4, -0.2) is 16.3 Å². The third-order valence-electron chi connectivity index (χ3n) is 2.31. The lowest BCUT2D eigenvalue weighted by Crippen LogP contribution is -1.94. The number of benzene rings is 2. The molecule has 0 bridgehead atoms. The van der Waals surface area contributed by atoms with Crippen LogP contribution in [0.4, 0.5) is 0 Å². The van der Waals surface area contributed by atoms with Crippen molar-refractivity contribution in [2.75, 3.05) is 0 Å². The summed E-state index contributed by atoms with van der Waals surface area (Å²) in [6.07, 6.45) is 0. The molecule has 0 aliphatic heterocycles. The Bertz CT molecular complexity index is 659. The maximum absolute atomic E-state index is 10.6. The second-order valence-electron chi connectivity index (χ2n) is 3.84. The second-order valence-corrected chi connectivity index (χ2v) is 6.70. The van der Waals surface area contributed by atoms with E-state index in [1.165, 1.54) is 18.2 Å². The van der Waals surface area contributed by atoms with E-state index in [9.17, 15) is 9.59 Å². The van der Waals surface area contributed by atoms with Crippen molar-refractivity contribution in [3.05, 3.63) is 66.5 Å². The molecule has 8 heteroatoms. The largest absolute Gasteiger partial charge is 0.478 e. The van der Waals surface area contributed by atoms with Gasteiger partial charge in [-0.05, 0) is 79.9 Å². The molecule has 2 aromatic rings. The summed E-state index contributed by atoms with van der Waals surface area (Å²) in [7, 11) is 0. The van der Waals surface area contributed by atoms with Crippen LogP contribution >= 0.6 is 66.7 Å². The fourth-order valence-electron chi connectivity index (χ4n) is 1.25. The van der Waals surface area contributed by atoms with Gasteiger partial charge in [-0.1, -0.05) is 23.2 Å². The van der Waals surface area contributed by atoms with Gasteiger partial charge in [0.05, 0.1) is 15.6 Å². The van der Waals surface area contributed by atoms with Crippen LogP contribution in [0.15, 0.2) is 45.3 Å². The summed E-state index contributed by atoms with van der Waals surface area (Å²) in [4.78, 5) is 21.0. The molecule has 0 atom stereocenters. The summed E-state index contributed by atoms with van der Waals surface area (Å²) in [5, 5.41) is 9.12. The van der Waals surface area contributed by atoms with Gasteiger partial charge < -0.3 is 5.11 Å². The minimum absolute atomic E-state index is 0.223. The first-order valence-electron chi connectivity index (χ1n) is 5.55. The highest BCUT2D eigenvalue weighted by Gasteiger charge is 2.04. The Hall–Kier alpha value is -0.590. The predicted octanol–water partition coefficient (Wildman–Crippen LogP) is 6.28. The first kappa shape index (κ1) is 19.5. The first-order valence-corrected chi connectivity index (χ1v) is 8.27. The number of aromatic carboxylic acids is 1. The van der Waals surface area contributed by atoms with E-state index in [0.29, 0.717) is 24.6 Å². The highest BCUT2D eigenvalue weighted by molar-refractivity contribution is 9.10. The monoisotopic (exact) mass is 486 g/mol. The summed E-state index contributed by atoms with van der Waals surface area (Å²) in [5.74, 6) is -0.956. The van der Waals surface area contributed by atoms with Gasteiger partial charge in [0.2, 0.25) is 0 Å². The van der Waals surface area contributed by atoms with E-state index in [1.807, 2.05) is 0 Å². The van der Waals surface area contributed by atoms with Crippen molar-refractivity contribution in [3.63, 3.8) is 0 Å². The highest BCUT2D eigenvalue weighted by atomic mass is 79.9. The Morgan fingerprint density at radius 2 is 1.27 bits per heavy atom. The first-order chi connectivity index (χ1) is 10.2. The summed E-state index contributed by atoms with van der Waals surface area (Å²) < 4.78 is 1.27. The van der Waals surface area contributed by atoms with Crippen molar-refractivity contribution < 1.29 is 14.7 Å². The maximum atomic E-state index is 10.6. The lowest BCUT2D eigenvalue weighted by atomic mass is 10.2. The topological polar surface area (TPSA) is 54.4 Å². The van der Waals surface area contributed by atoms with Crippen LogP contribution in [-0.2, 0) is 0 Å². The van der Waals surface area contributed by atoms with Crippen molar-refractivity contribution in [1.82, 2.24) is 0 Å². The van der Waals surface area contributed by atoms with E-state index in [-0.39, 0.29) is 5.56 Å². The SMILES string of the molecule is O=C(Cl)c1ccc(Cl)c(Br)c1.O=C(O)c1ccc(Cl)c(Br)c1. The smallest absolute Gasteiger partial charge is 0.335 e. The average Bonchev–Trinajstić information content (AvgIpc) is 2.45. The molecule has 0 saturated heterocycles. The fraction of sp³-hybridized carbons (Fsp3) is 0. The van der Waals surface area contributed by atoms with Gasteiger partial charge in [0.15, 0.2) is 0 Å². The average molecular weight is 489 g/mol. The van der Waals surface area contributed by atoms with Crippen molar-refractivity contribution in [2.45, 2.75) is 0 Å². The molecule has 116 valence electrons. The quantitative estimate of drug-likeness (QED) is 0.505. The molecule has 0 unspecified atom stereocenters. The minimum atomic E-state index is -0.956. The Balaban J connectivity index is 0.000000220. The maximum Gasteiger partial charge on any atom is 0.335 e. The van der Waals surface area contributed by atoms with E-state index < -0.39 is 11.2 Å². The number of halogens is 5. The van der Waals surface area contributed by atoms with Gasteiger partial charge >= 0.3 is 5.97 Å². The molecular weight excluding hydrogens is 482 g/mol. The second kappa shape index (κ2) is 8.89. The summed E-state index contributed by atoms with van der Waals surface area (Å²) in [6.45, 7) is 0. The molecule has 0 spiro atoms. The van der Waals surface area contributed by atoms with Gasteiger partial charge in [-0.3, -0.25) is 4.79 Å². The molecule has 2 aromatic carbocycles. The molecule has 0 radical (unpaired) electrons. The molecular formula is C14H7Br2Cl3O3. The lowest BCUT2D eigenvalue weighted by molar-refractivity contribution is 0.0696. The summed E-state index contributed by atoms with van der Waals surface area (Å²) in [5.41, 5.74) is 0.657. The molecule has 22 heavy (non-hydrogen) atoms. The van der Waals surface area contributed by atoms with Crippen molar-refractivity contribution in [1.29, 1.82) is 0 Å². The standard InChI is InChI=1S/C7H3BrCl2O.C7H4BrClO2/c2*8-5-3-4(7(10)11)1-2-6(5)9/h1-3H;1-3H,(H,10,11). The molecule has 0 aliphatic rings. The van der Waals surface area contributed by atoms with Crippen molar-refractivity contribution in [3.8, 4) is 0 Å². The van der Waals surface area contributed by atoms with E-state index in [2.05, 4.69) is 31.9 Å². The van der Waals surface area contributed by atoms with Crippen molar-refractivity contribution >= 4 is 77.9 Å². The predicted molar refractivity (Wildman–Crippen MR) is 95.4 cm³/mol. The van der Waals surface area contributed by atoms with E-state index >= 15 is 0 Å². The Morgan fingerprint density at radius 3 is 1.64 bits per heavy atom. The van der Waals surface area contributed by atoms with E-state index in [0.717, 1.165) is 0 Å². The number of hydrogen-bond acceptors (Lipinski definition) is 2. The van der Waals surface area contributed by atoms with Crippen LogP contribution in [0.2, 0.25) is 10.0 Å². The van der Waals surface area contributed by atoms with E-state index in [4.69, 9.17) is 39.9 Å². The Kier molecular flexibility index (Phi) is 7.86. The molecule has 3 nitrogen and oxygen atoms in total. The number of rotatable bonds is 2. The summed E-state index contributed by atoms with van der Waals surface area (Å²) in [6, 6.07) is 9.22. The number of carbonyl (C=O) groups is 2. The third kappa shape index (κ3) is 5.89. The van der Waals surface area contributed by atoms with Gasteiger partial charge in [-0.25, -0.2) is 4.79 Å². The number of carboxylic acid groups (broad SMARTS) is 1. The normalized spacial score (nSPS) is 9.68. The number of hydrogen-bond donors (Lipinski definition) is 1. The van der Waals surface area contributed by atoms with Gasteiger partial charge in [-0.15, -0.1) is 0 Å². The van der Waals surface area contributed by atoms with Crippen LogP contribution in [0, 0.1) is 0 Å². The van der Waals surface area contributed by atoms with Gasteiger partial charge in [0, 0.05) is 14.5 Å². The lowest BCUT2D eigenvalue weighted by Gasteiger charge is -1.96.